The molecule has 0 radical (unpaired) electrons. The first-order valence-corrected chi connectivity index (χ1v) is 7.92. The molecule has 0 spiro atoms. The molecule has 0 aromatic heterocycles. The van der Waals surface area contributed by atoms with Crippen LogP contribution in [0.3, 0.4) is 0 Å². The first-order valence-electron chi connectivity index (χ1n) is 7.13. The van der Waals surface area contributed by atoms with Gasteiger partial charge in [-0.2, -0.15) is 0 Å². The van der Waals surface area contributed by atoms with Crippen LogP contribution in [0, 0.1) is 5.92 Å². The van der Waals surface area contributed by atoms with Crippen molar-refractivity contribution in [2.45, 2.75) is 13.5 Å². The van der Waals surface area contributed by atoms with Crippen LogP contribution in [0.25, 0.3) is 0 Å². The summed E-state index contributed by atoms with van der Waals surface area (Å²) in [5.74, 6) is 0.695. The first kappa shape index (κ1) is 15.0. The molecule has 1 atom stereocenters. The minimum atomic E-state index is 0.695. The molecule has 19 heavy (non-hydrogen) atoms. The van der Waals surface area contributed by atoms with E-state index in [-0.39, 0.29) is 0 Å². The van der Waals surface area contributed by atoms with Crippen LogP contribution in [-0.4, -0.2) is 44.2 Å². The molecule has 0 saturated carbocycles. The monoisotopic (exact) mass is 325 g/mol. The summed E-state index contributed by atoms with van der Waals surface area (Å²) in [6.45, 7) is 10.2. The number of nitrogens with one attached hydrogen (secondary N) is 2. The zero-order chi connectivity index (χ0) is 13.5. The lowest BCUT2D eigenvalue weighted by Crippen LogP contribution is -2.45. The molecule has 1 unspecified atom stereocenters. The van der Waals surface area contributed by atoms with Crippen LogP contribution in [0.4, 0.5) is 0 Å². The fourth-order valence-corrected chi connectivity index (χ4v) is 2.92. The molecular weight excluding hydrogens is 302 g/mol. The van der Waals surface area contributed by atoms with E-state index in [1.807, 2.05) is 0 Å². The second-order valence-corrected chi connectivity index (χ2v) is 6.23. The number of hydrogen-bond donors (Lipinski definition) is 2. The van der Waals surface area contributed by atoms with Gasteiger partial charge in [-0.05, 0) is 24.1 Å². The third-order valence-corrected chi connectivity index (χ3v) is 4.32. The molecule has 0 bridgehead atoms. The first-order chi connectivity index (χ1) is 9.25. The van der Waals surface area contributed by atoms with Crippen molar-refractivity contribution in [1.82, 2.24) is 15.5 Å². The molecule has 1 fully saturated rings. The number of piperazine rings is 1. The van der Waals surface area contributed by atoms with Gasteiger partial charge in [0.15, 0.2) is 0 Å². The Hall–Kier alpha value is -0.420. The van der Waals surface area contributed by atoms with Crippen LogP contribution >= 0.6 is 15.9 Å². The minimum Gasteiger partial charge on any atom is -0.314 e. The quantitative estimate of drug-likeness (QED) is 0.838. The van der Waals surface area contributed by atoms with Gasteiger partial charge in [0, 0.05) is 43.7 Å². The van der Waals surface area contributed by atoms with Crippen molar-refractivity contribution in [3.05, 3.63) is 34.3 Å². The van der Waals surface area contributed by atoms with E-state index in [4.69, 9.17) is 0 Å². The lowest BCUT2D eigenvalue weighted by atomic mass is 10.1. The van der Waals surface area contributed by atoms with E-state index in [1.165, 1.54) is 29.7 Å². The summed E-state index contributed by atoms with van der Waals surface area (Å²) >= 11 is 3.59. The molecule has 1 aromatic rings. The van der Waals surface area contributed by atoms with Crippen LogP contribution in [0.5, 0.6) is 0 Å². The van der Waals surface area contributed by atoms with Gasteiger partial charge in [-0.15, -0.1) is 0 Å². The molecule has 2 N–H and O–H groups in total. The Kier molecular flexibility index (Phi) is 6.31. The number of halogens is 1. The molecular formula is C15H24BrN3. The van der Waals surface area contributed by atoms with Gasteiger partial charge in [0.1, 0.15) is 0 Å². The Morgan fingerprint density at radius 2 is 2.05 bits per heavy atom. The van der Waals surface area contributed by atoms with Crippen molar-refractivity contribution >= 4 is 15.9 Å². The van der Waals surface area contributed by atoms with Crippen LogP contribution in [0.1, 0.15) is 12.5 Å². The molecule has 3 nitrogen and oxygen atoms in total. The maximum atomic E-state index is 3.59. The van der Waals surface area contributed by atoms with Gasteiger partial charge in [-0.3, -0.25) is 0 Å². The number of benzene rings is 1. The van der Waals surface area contributed by atoms with E-state index in [2.05, 4.69) is 62.7 Å². The van der Waals surface area contributed by atoms with Gasteiger partial charge in [0.2, 0.25) is 0 Å². The second kappa shape index (κ2) is 8.00. The Labute approximate surface area is 124 Å². The molecule has 1 aliphatic heterocycles. The highest BCUT2D eigenvalue weighted by Gasteiger charge is 2.12. The smallest absolute Gasteiger partial charge is 0.0220 e. The molecule has 1 heterocycles. The van der Waals surface area contributed by atoms with Crippen LogP contribution in [0.2, 0.25) is 0 Å². The largest absolute Gasteiger partial charge is 0.314 e. The zero-order valence-corrected chi connectivity index (χ0v) is 13.2. The van der Waals surface area contributed by atoms with Crippen molar-refractivity contribution in [2.24, 2.45) is 5.92 Å². The van der Waals surface area contributed by atoms with Gasteiger partial charge in [0.05, 0.1) is 0 Å². The fraction of sp³-hybridized carbons (Fsp3) is 0.600. The number of nitrogens with zero attached hydrogens (tertiary/aromatic N) is 1. The van der Waals surface area contributed by atoms with Gasteiger partial charge < -0.3 is 15.5 Å². The highest BCUT2D eigenvalue weighted by molar-refractivity contribution is 9.10. The third-order valence-electron chi connectivity index (χ3n) is 3.55. The highest BCUT2D eigenvalue weighted by atomic mass is 79.9. The summed E-state index contributed by atoms with van der Waals surface area (Å²) in [7, 11) is 0. The van der Waals surface area contributed by atoms with Crippen molar-refractivity contribution in [2.75, 3.05) is 39.3 Å². The predicted octanol–water partition coefficient (Wildman–Crippen LogP) is 2.08. The molecule has 1 saturated heterocycles. The topological polar surface area (TPSA) is 27.3 Å². The summed E-state index contributed by atoms with van der Waals surface area (Å²) in [5, 5.41) is 6.96. The number of hydrogen-bond acceptors (Lipinski definition) is 3. The molecule has 106 valence electrons. The van der Waals surface area contributed by atoms with Crippen molar-refractivity contribution in [3.8, 4) is 0 Å². The summed E-state index contributed by atoms with van der Waals surface area (Å²) in [5.41, 5.74) is 1.33. The minimum absolute atomic E-state index is 0.695. The lowest BCUT2D eigenvalue weighted by Gasteiger charge is -2.29. The lowest BCUT2D eigenvalue weighted by molar-refractivity contribution is 0.209. The van der Waals surface area contributed by atoms with E-state index in [0.717, 1.165) is 26.2 Å². The van der Waals surface area contributed by atoms with Crippen LogP contribution in [0.15, 0.2) is 28.7 Å². The summed E-state index contributed by atoms with van der Waals surface area (Å²) in [6.07, 6.45) is 0. The molecule has 2 rings (SSSR count). The SMILES string of the molecule is CC(CNCc1ccccc1Br)CN1CCNCC1. The van der Waals surface area contributed by atoms with Crippen LogP contribution < -0.4 is 10.6 Å². The fourth-order valence-electron chi connectivity index (χ4n) is 2.49. The number of rotatable bonds is 6. The van der Waals surface area contributed by atoms with Gasteiger partial charge >= 0.3 is 0 Å². The van der Waals surface area contributed by atoms with Gasteiger partial charge in [-0.25, -0.2) is 0 Å². The van der Waals surface area contributed by atoms with Gasteiger partial charge in [-0.1, -0.05) is 41.1 Å². The van der Waals surface area contributed by atoms with Crippen molar-refractivity contribution in [3.63, 3.8) is 0 Å². The van der Waals surface area contributed by atoms with E-state index in [0.29, 0.717) is 5.92 Å². The highest BCUT2D eigenvalue weighted by Crippen LogP contribution is 2.15. The maximum Gasteiger partial charge on any atom is 0.0220 e. The maximum absolute atomic E-state index is 3.59. The summed E-state index contributed by atoms with van der Waals surface area (Å²) in [4.78, 5) is 2.56. The van der Waals surface area contributed by atoms with E-state index in [1.54, 1.807) is 0 Å². The van der Waals surface area contributed by atoms with Crippen LogP contribution in [-0.2, 0) is 6.54 Å². The molecule has 0 amide bonds. The Bertz CT molecular complexity index is 377. The zero-order valence-electron chi connectivity index (χ0n) is 11.7. The molecule has 4 heteroatoms. The summed E-state index contributed by atoms with van der Waals surface area (Å²) in [6, 6.07) is 8.41. The molecule has 0 aliphatic carbocycles. The average Bonchev–Trinajstić information content (AvgIpc) is 2.42. The average molecular weight is 326 g/mol. The Morgan fingerprint density at radius 1 is 1.32 bits per heavy atom. The third kappa shape index (κ3) is 5.22. The van der Waals surface area contributed by atoms with E-state index in [9.17, 15) is 0 Å². The second-order valence-electron chi connectivity index (χ2n) is 5.38. The molecule has 1 aliphatic rings. The van der Waals surface area contributed by atoms with E-state index < -0.39 is 0 Å². The van der Waals surface area contributed by atoms with Crippen molar-refractivity contribution in [1.29, 1.82) is 0 Å². The van der Waals surface area contributed by atoms with Gasteiger partial charge in [0.25, 0.3) is 0 Å². The van der Waals surface area contributed by atoms with E-state index >= 15 is 0 Å². The Balaban J connectivity index is 1.66. The normalized spacial score (nSPS) is 18.4. The van der Waals surface area contributed by atoms with Crippen molar-refractivity contribution < 1.29 is 0 Å². The predicted molar refractivity (Wildman–Crippen MR) is 84.3 cm³/mol. The molecule has 1 aromatic carbocycles. The summed E-state index contributed by atoms with van der Waals surface area (Å²) < 4.78 is 1.19. The standard InChI is InChI=1S/C15H24BrN3/c1-13(12-19-8-6-17-7-9-19)10-18-11-14-4-2-3-5-15(14)16/h2-5,13,17-18H,6-12H2,1H3. The Morgan fingerprint density at radius 3 is 2.79 bits per heavy atom.